The molecule has 260 valence electrons. The van der Waals surface area contributed by atoms with Gasteiger partial charge in [-0.1, -0.05) is 145 Å². The quantitative estimate of drug-likeness (QED) is 0.162. The van der Waals surface area contributed by atoms with E-state index in [0.717, 1.165) is 59.9 Å². The summed E-state index contributed by atoms with van der Waals surface area (Å²) < 4.78 is 73.3. The van der Waals surface area contributed by atoms with Crippen LogP contribution in [0.2, 0.25) is 19.6 Å². The smallest absolute Gasteiger partial charge is 0.264 e. The molecule has 0 fully saturated rings. The van der Waals surface area contributed by atoms with Crippen LogP contribution >= 0.6 is 11.3 Å². The fourth-order valence-electron chi connectivity index (χ4n) is 8.25. The fourth-order valence-corrected chi connectivity index (χ4v) is 10.7. The Hall–Kier alpha value is -5.62. The highest BCUT2D eigenvalue weighted by molar-refractivity contribution is 7.33. The van der Waals surface area contributed by atoms with Crippen molar-refractivity contribution in [2.24, 2.45) is 0 Å². The Morgan fingerprint density at radius 1 is 0.593 bits per heavy atom. The minimum Gasteiger partial charge on any atom is -0.311 e. The normalized spacial score (nSPS) is 15.2. The maximum absolute atomic E-state index is 9.43. The average Bonchev–Trinajstić information content (AvgIpc) is 3.65. The maximum atomic E-state index is 9.43. The van der Waals surface area contributed by atoms with Gasteiger partial charge in [-0.3, -0.25) is 0 Å². The topological polar surface area (TPSA) is 6.48 Å². The zero-order valence-electron chi connectivity index (χ0n) is 38.8. The van der Waals surface area contributed by atoms with Gasteiger partial charge in [-0.2, -0.15) is 0 Å². The predicted molar refractivity (Wildman–Crippen MR) is 239 cm³/mol. The van der Waals surface area contributed by atoms with E-state index in [9.17, 15) is 2.74 Å². The van der Waals surface area contributed by atoms with Gasteiger partial charge in [0.05, 0.1) is 24.7 Å². The van der Waals surface area contributed by atoms with Gasteiger partial charge in [0.2, 0.25) is 0 Å². The predicted octanol–water partition coefficient (Wildman–Crippen LogP) is 11.5. The number of anilines is 6. The van der Waals surface area contributed by atoms with Gasteiger partial charge in [0.1, 0.15) is 0 Å². The van der Waals surface area contributed by atoms with Crippen LogP contribution in [0.15, 0.2) is 158 Å². The number of nitrogens with zero attached hydrogens (tertiary/aromatic N) is 2. The summed E-state index contributed by atoms with van der Waals surface area (Å²) >= 11 is 1.76. The van der Waals surface area contributed by atoms with Crippen molar-refractivity contribution in [1.29, 1.82) is 0 Å². The van der Waals surface area contributed by atoms with Gasteiger partial charge in [0.15, 0.2) is 0 Å². The van der Waals surface area contributed by atoms with E-state index < -0.39 is 14.1 Å². The number of thiophene rings is 1. The largest absolute Gasteiger partial charge is 0.311 e. The fraction of sp³-hybridized carbons (Fsp3) is 0.102. The summed E-state index contributed by atoms with van der Waals surface area (Å²) in [6.45, 7) is 10.2. The zero-order chi connectivity index (χ0) is 43.7. The standard InChI is InChI=1S/C49H41BN2SSi/c1-32-26-33(2)28-36(27-32)37-30-44-47-45(31-37)52(38-16-10-7-11-17-38)48-41-18-12-13-19-46(41)53-49(48)50(47)42-25-20-35(34-14-8-6-9-15-34)29-43(42)51(44)39-21-23-40(24-22-39)54(3,4)5/h6-31H,1-5H3/i6D,8D,9D,14D,15D,26D,27D,28D. The van der Waals surface area contributed by atoms with Crippen LogP contribution in [0.4, 0.5) is 34.1 Å². The van der Waals surface area contributed by atoms with Gasteiger partial charge in [0.25, 0.3) is 6.71 Å². The van der Waals surface area contributed by atoms with Crippen molar-refractivity contribution in [2.75, 3.05) is 9.80 Å². The van der Waals surface area contributed by atoms with Crippen LogP contribution in [0.1, 0.15) is 22.1 Å². The van der Waals surface area contributed by atoms with Gasteiger partial charge >= 0.3 is 0 Å². The highest BCUT2D eigenvalue weighted by Gasteiger charge is 2.45. The minimum absolute atomic E-state index is 0.133. The van der Waals surface area contributed by atoms with Gasteiger partial charge < -0.3 is 9.80 Å². The molecule has 7 aromatic carbocycles. The Kier molecular flexibility index (Phi) is 5.87. The molecule has 8 aromatic rings. The maximum Gasteiger partial charge on any atom is 0.264 e. The van der Waals surface area contributed by atoms with Crippen LogP contribution in [0.25, 0.3) is 32.3 Å². The molecule has 54 heavy (non-hydrogen) atoms. The van der Waals surface area contributed by atoms with Gasteiger partial charge in [-0.25, -0.2) is 0 Å². The summed E-state index contributed by atoms with van der Waals surface area (Å²) in [7, 11) is -1.70. The Labute approximate surface area is 335 Å². The summed E-state index contributed by atoms with van der Waals surface area (Å²) in [5.74, 6) is 0. The first-order valence-electron chi connectivity index (χ1n) is 22.3. The molecule has 5 heteroatoms. The molecule has 0 radical (unpaired) electrons. The van der Waals surface area contributed by atoms with E-state index in [-0.39, 0.29) is 54.6 Å². The third-order valence-electron chi connectivity index (χ3n) is 10.7. The first kappa shape index (κ1) is 25.4. The van der Waals surface area contributed by atoms with Crippen molar-refractivity contribution < 1.29 is 11.0 Å². The molecule has 0 aliphatic carbocycles. The molecule has 10 rings (SSSR count). The molecule has 0 saturated heterocycles. The van der Waals surface area contributed by atoms with E-state index in [0.29, 0.717) is 27.8 Å². The lowest BCUT2D eigenvalue weighted by molar-refractivity contribution is 1.26. The number of hydrogen-bond donors (Lipinski definition) is 0. The molecule has 0 saturated carbocycles. The molecule has 1 aromatic heterocycles. The first-order valence-corrected chi connectivity index (χ1v) is 22.6. The van der Waals surface area contributed by atoms with Gasteiger partial charge in [0, 0.05) is 43.3 Å². The molecule has 0 unspecified atom stereocenters. The monoisotopic (exact) mass is 736 g/mol. The van der Waals surface area contributed by atoms with Crippen LogP contribution in [0.3, 0.4) is 0 Å². The molecular formula is C49H41BN2SSi. The van der Waals surface area contributed by atoms with Crippen LogP contribution < -0.4 is 30.7 Å². The number of hydrogen-bond acceptors (Lipinski definition) is 3. The molecular weight excluding hydrogens is 688 g/mol. The third kappa shape index (κ3) is 5.29. The van der Waals surface area contributed by atoms with Crippen molar-refractivity contribution in [1.82, 2.24) is 0 Å². The van der Waals surface area contributed by atoms with Crippen molar-refractivity contribution in [2.45, 2.75) is 33.5 Å². The molecule has 0 N–H and O–H groups in total. The number of benzene rings is 7. The Morgan fingerprint density at radius 3 is 1.96 bits per heavy atom. The Bertz CT molecular complexity index is 3140. The van der Waals surface area contributed by atoms with Gasteiger partial charge in [-0.05, 0) is 95.6 Å². The Balaban J connectivity index is 1.37. The lowest BCUT2D eigenvalue weighted by Gasteiger charge is -2.43. The molecule has 0 spiro atoms. The molecule has 2 aliphatic heterocycles. The zero-order valence-corrected chi connectivity index (χ0v) is 32.6. The highest BCUT2D eigenvalue weighted by Crippen LogP contribution is 2.49. The number of para-hydroxylation sites is 1. The van der Waals surface area contributed by atoms with Crippen LogP contribution in [0, 0.1) is 13.8 Å². The second-order valence-electron chi connectivity index (χ2n) is 15.2. The van der Waals surface area contributed by atoms with E-state index in [1.165, 1.54) is 5.19 Å². The molecule has 0 atom stereocenters. The average molecular weight is 737 g/mol. The summed E-state index contributed by atoms with van der Waals surface area (Å²) in [6, 6.07) is 36.3. The van der Waals surface area contributed by atoms with E-state index >= 15 is 0 Å². The summed E-state index contributed by atoms with van der Waals surface area (Å²) in [5.41, 5.74) is 10.3. The van der Waals surface area contributed by atoms with Crippen molar-refractivity contribution in [3.8, 4) is 22.3 Å². The highest BCUT2D eigenvalue weighted by atomic mass is 32.1. The lowest BCUT2D eigenvalue weighted by atomic mass is 9.36. The van der Waals surface area contributed by atoms with E-state index in [1.54, 1.807) is 25.2 Å². The van der Waals surface area contributed by atoms with Crippen LogP contribution in [-0.4, -0.2) is 14.8 Å². The van der Waals surface area contributed by atoms with Crippen LogP contribution in [0.5, 0.6) is 0 Å². The number of rotatable bonds is 5. The molecule has 2 aliphatic rings. The van der Waals surface area contributed by atoms with Crippen molar-refractivity contribution in [3.05, 3.63) is 169 Å². The summed E-state index contributed by atoms with van der Waals surface area (Å²) in [4.78, 5) is 4.55. The summed E-state index contributed by atoms with van der Waals surface area (Å²) in [6.07, 6.45) is 0. The molecule has 0 amide bonds. The van der Waals surface area contributed by atoms with Crippen molar-refractivity contribution >= 4 is 91.2 Å². The molecule has 0 bridgehead atoms. The molecule has 2 nitrogen and oxygen atoms in total. The van der Waals surface area contributed by atoms with Gasteiger partial charge in [-0.15, -0.1) is 11.3 Å². The number of fused-ring (bicyclic) bond motifs is 6. The Morgan fingerprint density at radius 2 is 1.24 bits per heavy atom. The second kappa shape index (κ2) is 12.5. The van der Waals surface area contributed by atoms with Crippen LogP contribution in [-0.2, 0) is 0 Å². The SMILES string of the molecule is [2H]c1c([2H])c([2H])c(-c2ccc3c(c2)N(c2ccc([Si](C)(C)C)cc2)c2cc(-c4c([2H])c(C)c([2H])c(C)c4[2H])cc4c2B3c2sc3ccccc3c2N4c2ccccc2)c([2H])c1[2H]. The molecule has 3 heterocycles. The minimum atomic E-state index is -1.70. The second-order valence-corrected chi connectivity index (χ2v) is 21.4. The van der Waals surface area contributed by atoms with E-state index in [4.69, 9.17) is 8.22 Å². The third-order valence-corrected chi connectivity index (χ3v) is 13.9. The van der Waals surface area contributed by atoms with E-state index in [1.807, 2.05) is 30.3 Å². The van der Waals surface area contributed by atoms with E-state index in [2.05, 4.69) is 108 Å². The van der Waals surface area contributed by atoms with Crippen molar-refractivity contribution in [3.63, 3.8) is 0 Å². The lowest BCUT2D eigenvalue weighted by Crippen LogP contribution is -2.60. The summed E-state index contributed by atoms with van der Waals surface area (Å²) in [5, 5.41) is 2.40. The first-order chi connectivity index (χ1) is 29.6.